The number of amides is 2. The molecule has 0 saturated carbocycles. The number of anilines is 1. The molecular weight excluding hydrogens is 300 g/mol. The fraction of sp³-hybridized carbons (Fsp3) is 0.562. The number of piperazine rings is 1. The zero-order chi connectivity index (χ0) is 16.1. The highest BCUT2D eigenvalue weighted by Crippen LogP contribution is 2.19. The summed E-state index contributed by atoms with van der Waals surface area (Å²) in [6, 6.07) is 5.42. The zero-order valence-electron chi connectivity index (χ0n) is 13.5. The molecule has 1 saturated heterocycles. The molecule has 2 rings (SSSR count). The molecule has 1 fully saturated rings. The average Bonchev–Trinajstić information content (AvgIpc) is 2.45. The van der Waals surface area contributed by atoms with E-state index in [9.17, 15) is 4.79 Å². The maximum Gasteiger partial charge on any atom is 0.319 e. The fourth-order valence-corrected chi connectivity index (χ4v) is 2.71. The molecular formula is C16H25ClN4O. The number of likely N-dealkylation sites (N-methyl/N-ethyl adjacent to an activating group) is 1. The van der Waals surface area contributed by atoms with Gasteiger partial charge in [0.05, 0.1) is 0 Å². The van der Waals surface area contributed by atoms with E-state index in [1.165, 1.54) is 0 Å². The molecule has 5 nitrogen and oxygen atoms in total. The van der Waals surface area contributed by atoms with Gasteiger partial charge in [-0.05, 0) is 38.6 Å². The van der Waals surface area contributed by atoms with Gasteiger partial charge < -0.3 is 15.5 Å². The van der Waals surface area contributed by atoms with E-state index in [0.717, 1.165) is 38.3 Å². The molecule has 0 bridgehead atoms. The Bertz CT molecular complexity index is 515. The zero-order valence-corrected chi connectivity index (χ0v) is 14.3. The van der Waals surface area contributed by atoms with E-state index in [2.05, 4.69) is 27.5 Å². The largest absolute Gasteiger partial charge is 0.334 e. The minimum absolute atomic E-state index is 0.101. The van der Waals surface area contributed by atoms with Crippen LogP contribution in [0.25, 0.3) is 0 Å². The number of halogens is 1. The SMILES string of the molecule is Cc1ccc(NC(=O)NC(C)CN2CCN(C)CC2)cc1Cl. The number of benzene rings is 1. The van der Waals surface area contributed by atoms with Crippen molar-refractivity contribution in [3.05, 3.63) is 28.8 Å². The van der Waals surface area contributed by atoms with Crippen molar-refractivity contribution < 1.29 is 4.79 Å². The number of rotatable bonds is 4. The maximum absolute atomic E-state index is 12.0. The van der Waals surface area contributed by atoms with E-state index in [-0.39, 0.29) is 12.1 Å². The maximum atomic E-state index is 12.0. The molecule has 0 aromatic heterocycles. The van der Waals surface area contributed by atoms with E-state index in [0.29, 0.717) is 10.7 Å². The molecule has 0 radical (unpaired) electrons. The summed E-state index contributed by atoms with van der Waals surface area (Å²) in [6.07, 6.45) is 0. The molecule has 1 heterocycles. The van der Waals surface area contributed by atoms with Crippen LogP contribution in [-0.2, 0) is 0 Å². The number of nitrogens with one attached hydrogen (secondary N) is 2. The van der Waals surface area contributed by atoms with E-state index in [1.54, 1.807) is 6.07 Å². The summed E-state index contributed by atoms with van der Waals surface area (Å²) < 4.78 is 0. The van der Waals surface area contributed by atoms with Crippen LogP contribution in [-0.4, -0.2) is 61.6 Å². The molecule has 1 unspecified atom stereocenters. The predicted octanol–water partition coefficient (Wildman–Crippen LogP) is 2.41. The second kappa shape index (κ2) is 7.81. The minimum atomic E-state index is -0.193. The highest BCUT2D eigenvalue weighted by molar-refractivity contribution is 6.31. The summed E-state index contributed by atoms with van der Waals surface area (Å²) in [7, 11) is 2.14. The third-order valence-electron chi connectivity index (χ3n) is 3.94. The summed E-state index contributed by atoms with van der Waals surface area (Å²) in [5.74, 6) is 0. The van der Waals surface area contributed by atoms with Crippen LogP contribution < -0.4 is 10.6 Å². The summed E-state index contributed by atoms with van der Waals surface area (Å²) in [4.78, 5) is 16.7. The van der Waals surface area contributed by atoms with Gasteiger partial charge in [0, 0.05) is 49.5 Å². The lowest BCUT2D eigenvalue weighted by Crippen LogP contribution is -2.50. The van der Waals surface area contributed by atoms with Crippen molar-refractivity contribution in [3.63, 3.8) is 0 Å². The van der Waals surface area contributed by atoms with Crippen molar-refractivity contribution in [2.24, 2.45) is 0 Å². The van der Waals surface area contributed by atoms with Crippen molar-refractivity contribution in [1.82, 2.24) is 15.1 Å². The van der Waals surface area contributed by atoms with E-state index in [4.69, 9.17) is 11.6 Å². The summed E-state index contributed by atoms with van der Waals surface area (Å²) in [6.45, 7) is 9.11. The Kier molecular flexibility index (Phi) is 6.06. The quantitative estimate of drug-likeness (QED) is 0.894. The van der Waals surface area contributed by atoms with Crippen LogP contribution in [0.4, 0.5) is 10.5 Å². The van der Waals surface area contributed by atoms with Gasteiger partial charge in [0.25, 0.3) is 0 Å². The lowest BCUT2D eigenvalue weighted by Gasteiger charge is -2.34. The van der Waals surface area contributed by atoms with Crippen LogP contribution in [0.5, 0.6) is 0 Å². The Hall–Kier alpha value is -1.30. The third kappa shape index (κ3) is 5.16. The average molecular weight is 325 g/mol. The van der Waals surface area contributed by atoms with Crippen LogP contribution >= 0.6 is 11.6 Å². The Morgan fingerprint density at radius 3 is 2.64 bits per heavy atom. The second-order valence-corrected chi connectivity index (χ2v) is 6.47. The van der Waals surface area contributed by atoms with Crippen LogP contribution in [0.1, 0.15) is 12.5 Å². The normalized spacial score (nSPS) is 18.0. The van der Waals surface area contributed by atoms with E-state index >= 15 is 0 Å². The molecule has 2 amide bonds. The van der Waals surface area contributed by atoms with E-state index in [1.807, 2.05) is 26.0 Å². The molecule has 122 valence electrons. The lowest BCUT2D eigenvalue weighted by molar-refractivity contribution is 0.145. The van der Waals surface area contributed by atoms with Crippen molar-refractivity contribution >= 4 is 23.3 Å². The van der Waals surface area contributed by atoms with Gasteiger partial charge in [0.2, 0.25) is 0 Å². The Morgan fingerprint density at radius 1 is 1.32 bits per heavy atom. The molecule has 2 N–H and O–H groups in total. The van der Waals surface area contributed by atoms with Gasteiger partial charge in [-0.15, -0.1) is 0 Å². The molecule has 1 aliphatic rings. The standard InChI is InChI=1S/C16H25ClN4O/c1-12-4-5-14(10-15(12)17)19-16(22)18-13(2)11-21-8-6-20(3)7-9-21/h4-5,10,13H,6-9,11H2,1-3H3,(H2,18,19,22). The Balaban J connectivity index is 1.77. The number of hydrogen-bond acceptors (Lipinski definition) is 3. The number of nitrogens with zero attached hydrogens (tertiary/aromatic N) is 2. The van der Waals surface area contributed by atoms with Crippen molar-refractivity contribution in [3.8, 4) is 0 Å². The minimum Gasteiger partial charge on any atom is -0.334 e. The second-order valence-electron chi connectivity index (χ2n) is 6.07. The summed E-state index contributed by atoms with van der Waals surface area (Å²) in [5, 5.41) is 6.45. The van der Waals surface area contributed by atoms with E-state index < -0.39 is 0 Å². The van der Waals surface area contributed by atoms with Gasteiger partial charge in [-0.3, -0.25) is 4.90 Å². The monoisotopic (exact) mass is 324 g/mol. The Morgan fingerprint density at radius 2 is 2.00 bits per heavy atom. The summed E-state index contributed by atoms with van der Waals surface area (Å²) >= 11 is 6.06. The van der Waals surface area contributed by atoms with Gasteiger partial charge in [0.15, 0.2) is 0 Å². The van der Waals surface area contributed by atoms with Gasteiger partial charge in [0.1, 0.15) is 0 Å². The summed E-state index contributed by atoms with van der Waals surface area (Å²) in [5.41, 5.74) is 1.70. The smallest absolute Gasteiger partial charge is 0.319 e. The van der Waals surface area contributed by atoms with Gasteiger partial charge in [-0.1, -0.05) is 17.7 Å². The first-order valence-corrected chi connectivity index (χ1v) is 8.06. The number of aryl methyl sites for hydroxylation is 1. The molecule has 1 aromatic carbocycles. The highest BCUT2D eigenvalue weighted by Gasteiger charge is 2.17. The number of hydrogen-bond donors (Lipinski definition) is 2. The van der Waals surface area contributed by atoms with Crippen molar-refractivity contribution in [2.45, 2.75) is 19.9 Å². The fourth-order valence-electron chi connectivity index (χ4n) is 2.52. The first-order valence-electron chi connectivity index (χ1n) is 7.68. The molecule has 1 aromatic rings. The highest BCUT2D eigenvalue weighted by atomic mass is 35.5. The number of urea groups is 1. The molecule has 0 aliphatic carbocycles. The Labute approximate surface area is 137 Å². The van der Waals surface area contributed by atoms with Crippen LogP contribution in [0.15, 0.2) is 18.2 Å². The lowest BCUT2D eigenvalue weighted by atomic mass is 10.2. The predicted molar refractivity (Wildman–Crippen MR) is 91.7 cm³/mol. The van der Waals surface area contributed by atoms with Crippen LogP contribution in [0, 0.1) is 6.92 Å². The molecule has 0 spiro atoms. The van der Waals surface area contributed by atoms with Gasteiger partial charge in [-0.2, -0.15) is 0 Å². The van der Waals surface area contributed by atoms with Crippen molar-refractivity contribution in [2.75, 3.05) is 45.1 Å². The first-order chi connectivity index (χ1) is 10.4. The number of carbonyl (C=O) groups is 1. The van der Waals surface area contributed by atoms with Gasteiger partial charge in [-0.25, -0.2) is 4.79 Å². The van der Waals surface area contributed by atoms with Crippen LogP contribution in [0.2, 0.25) is 5.02 Å². The molecule has 6 heteroatoms. The molecule has 1 aliphatic heterocycles. The third-order valence-corrected chi connectivity index (χ3v) is 4.34. The first kappa shape index (κ1) is 17.1. The topological polar surface area (TPSA) is 47.6 Å². The van der Waals surface area contributed by atoms with Crippen molar-refractivity contribution in [1.29, 1.82) is 0 Å². The molecule has 22 heavy (non-hydrogen) atoms. The number of carbonyl (C=O) groups excluding carboxylic acids is 1. The van der Waals surface area contributed by atoms with Crippen LogP contribution in [0.3, 0.4) is 0 Å². The molecule has 1 atom stereocenters. The van der Waals surface area contributed by atoms with Gasteiger partial charge >= 0.3 is 6.03 Å².